The van der Waals surface area contributed by atoms with E-state index in [2.05, 4.69) is 77.1 Å². The smallest absolute Gasteiger partial charge is 0.235 e. The standard InChI is InChI=1S/C26H29N3O/c1-6-16(2)23-15-30-26(29-23)22-14-13-20-11-8-12-21(25(20)28-22)19(5)27-24-17(3)9-7-10-18(24)4/h7-14,16,23H,6,15H2,1-5H3/b27-19+/t16-,23-/m1/s1. The molecule has 0 fully saturated rings. The van der Waals surface area contributed by atoms with Gasteiger partial charge >= 0.3 is 0 Å². The Bertz CT molecular complexity index is 1130. The molecule has 1 aliphatic heterocycles. The number of para-hydroxylation sites is 2. The minimum absolute atomic E-state index is 0.213. The summed E-state index contributed by atoms with van der Waals surface area (Å²) >= 11 is 0. The molecule has 0 spiro atoms. The lowest BCUT2D eigenvalue weighted by molar-refractivity contribution is 0.282. The minimum atomic E-state index is 0.213. The second-order valence-electron chi connectivity index (χ2n) is 8.21. The second kappa shape index (κ2) is 8.39. The molecule has 1 aliphatic rings. The number of hydrogen-bond donors (Lipinski definition) is 0. The van der Waals surface area contributed by atoms with E-state index >= 15 is 0 Å². The Labute approximate surface area is 178 Å². The summed E-state index contributed by atoms with van der Waals surface area (Å²) in [5.74, 6) is 1.16. The molecule has 4 nitrogen and oxygen atoms in total. The molecule has 0 aliphatic carbocycles. The monoisotopic (exact) mass is 399 g/mol. The molecule has 2 aromatic carbocycles. The van der Waals surface area contributed by atoms with E-state index in [9.17, 15) is 0 Å². The minimum Gasteiger partial charge on any atom is -0.474 e. The van der Waals surface area contributed by atoms with E-state index < -0.39 is 0 Å². The Hall–Kier alpha value is -3.01. The van der Waals surface area contributed by atoms with Gasteiger partial charge in [-0.15, -0.1) is 0 Å². The van der Waals surface area contributed by atoms with Crippen LogP contribution in [0.5, 0.6) is 0 Å². The fourth-order valence-electron chi connectivity index (χ4n) is 3.86. The molecule has 0 saturated carbocycles. The lowest BCUT2D eigenvalue weighted by atomic mass is 10.0. The summed E-state index contributed by atoms with van der Waals surface area (Å²) < 4.78 is 5.91. The highest BCUT2D eigenvalue weighted by atomic mass is 16.5. The van der Waals surface area contributed by atoms with Gasteiger partial charge in [0.1, 0.15) is 12.3 Å². The van der Waals surface area contributed by atoms with E-state index in [1.165, 1.54) is 11.1 Å². The predicted molar refractivity (Wildman–Crippen MR) is 125 cm³/mol. The third-order valence-electron chi connectivity index (χ3n) is 6.02. The molecule has 4 heteroatoms. The van der Waals surface area contributed by atoms with Gasteiger partial charge in [-0.2, -0.15) is 0 Å². The summed E-state index contributed by atoms with van der Waals surface area (Å²) in [7, 11) is 0. The first-order chi connectivity index (χ1) is 14.5. The number of benzene rings is 2. The van der Waals surface area contributed by atoms with Crippen LogP contribution in [0.15, 0.2) is 58.5 Å². The van der Waals surface area contributed by atoms with Gasteiger partial charge in [0, 0.05) is 16.7 Å². The Morgan fingerprint density at radius 1 is 1.10 bits per heavy atom. The molecule has 0 radical (unpaired) electrons. The molecular formula is C26H29N3O. The molecule has 154 valence electrons. The highest BCUT2D eigenvalue weighted by molar-refractivity contribution is 6.10. The second-order valence-corrected chi connectivity index (χ2v) is 8.21. The van der Waals surface area contributed by atoms with Crippen LogP contribution >= 0.6 is 0 Å². The van der Waals surface area contributed by atoms with Crippen molar-refractivity contribution in [3.05, 3.63) is 70.9 Å². The van der Waals surface area contributed by atoms with E-state index in [1.807, 2.05) is 6.07 Å². The summed E-state index contributed by atoms with van der Waals surface area (Å²) in [6.45, 7) is 11.3. The molecule has 4 rings (SSSR count). The number of aromatic nitrogens is 1. The van der Waals surface area contributed by atoms with E-state index in [-0.39, 0.29) is 6.04 Å². The first-order valence-electron chi connectivity index (χ1n) is 10.7. The van der Waals surface area contributed by atoms with E-state index in [0.717, 1.165) is 40.0 Å². The van der Waals surface area contributed by atoms with Crippen molar-refractivity contribution < 1.29 is 4.74 Å². The number of rotatable bonds is 5. The van der Waals surface area contributed by atoms with Crippen molar-refractivity contribution in [3.8, 4) is 0 Å². The van der Waals surface area contributed by atoms with Crippen LogP contribution in [0, 0.1) is 19.8 Å². The Morgan fingerprint density at radius 3 is 2.57 bits per heavy atom. The summed E-state index contributed by atoms with van der Waals surface area (Å²) in [5, 5.41) is 1.09. The van der Waals surface area contributed by atoms with Crippen molar-refractivity contribution in [2.75, 3.05) is 6.61 Å². The third-order valence-corrected chi connectivity index (χ3v) is 6.02. The van der Waals surface area contributed by atoms with Crippen molar-refractivity contribution in [1.82, 2.24) is 4.98 Å². The molecule has 1 aromatic heterocycles. The van der Waals surface area contributed by atoms with Crippen molar-refractivity contribution in [2.45, 2.75) is 47.1 Å². The van der Waals surface area contributed by atoms with Crippen LogP contribution in [0.1, 0.15) is 49.6 Å². The van der Waals surface area contributed by atoms with Gasteiger partial charge in [-0.25, -0.2) is 9.98 Å². The lowest BCUT2D eigenvalue weighted by Gasteiger charge is -2.11. The van der Waals surface area contributed by atoms with Gasteiger partial charge in [0.2, 0.25) is 5.90 Å². The molecule has 0 bridgehead atoms. The van der Waals surface area contributed by atoms with Gasteiger partial charge in [0.25, 0.3) is 0 Å². The van der Waals surface area contributed by atoms with Gasteiger partial charge < -0.3 is 4.74 Å². The number of hydrogen-bond acceptors (Lipinski definition) is 4. The van der Waals surface area contributed by atoms with Gasteiger partial charge in [-0.3, -0.25) is 4.99 Å². The van der Waals surface area contributed by atoms with Gasteiger partial charge in [-0.05, 0) is 43.9 Å². The Kier molecular flexibility index (Phi) is 5.67. The topological polar surface area (TPSA) is 46.8 Å². The number of ether oxygens (including phenoxy) is 1. The Morgan fingerprint density at radius 2 is 1.83 bits per heavy atom. The average Bonchev–Trinajstić information content (AvgIpc) is 3.25. The fraction of sp³-hybridized carbons (Fsp3) is 0.346. The molecule has 2 heterocycles. The summed E-state index contributed by atoms with van der Waals surface area (Å²) in [5.41, 5.74) is 7.09. The Balaban J connectivity index is 1.77. The molecule has 3 aromatic rings. The van der Waals surface area contributed by atoms with Gasteiger partial charge in [-0.1, -0.05) is 62.7 Å². The molecule has 2 atom stereocenters. The maximum absolute atomic E-state index is 5.91. The molecule has 0 unspecified atom stereocenters. The van der Waals surface area contributed by atoms with Crippen LogP contribution in [-0.4, -0.2) is 29.2 Å². The zero-order valence-electron chi connectivity index (χ0n) is 18.4. The maximum Gasteiger partial charge on any atom is 0.235 e. The zero-order valence-corrected chi connectivity index (χ0v) is 18.4. The maximum atomic E-state index is 5.91. The van der Waals surface area contributed by atoms with Crippen LogP contribution in [0.3, 0.4) is 0 Å². The van der Waals surface area contributed by atoms with E-state index in [1.54, 1.807) is 0 Å². The highest BCUT2D eigenvalue weighted by Crippen LogP contribution is 2.26. The van der Waals surface area contributed by atoms with Gasteiger partial charge in [0.15, 0.2) is 0 Å². The van der Waals surface area contributed by atoms with Crippen molar-refractivity contribution in [2.24, 2.45) is 15.9 Å². The van der Waals surface area contributed by atoms with E-state index in [0.29, 0.717) is 18.4 Å². The number of nitrogens with zero attached hydrogens (tertiary/aromatic N) is 3. The quantitative estimate of drug-likeness (QED) is 0.481. The summed E-state index contributed by atoms with van der Waals surface area (Å²) in [6, 6.07) is 16.8. The number of aryl methyl sites for hydroxylation is 2. The number of aliphatic imine (C=N–C) groups is 2. The van der Waals surface area contributed by atoms with Crippen LogP contribution in [0.4, 0.5) is 5.69 Å². The zero-order chi connectivity index (χ0) is 21.3. The van der Waals surface area contributed by atoms with Crippen LogP contribution in [0.25, 0.3) is 10.9 Å². The SMILES string of the molecule is CC[C@@H](C)[C@H]1COC(c2ccc3cccc(/C(C)=N/c4c(C)cccc4C)c3n2)=N1. The first kappa shape index (κ1) is 20.3. The van der Waals surface area contributed by atoms with Gasteiger partial charge in [0.05, 0.1) is 17.2 Å². The predicted octanol–water partition coefficient (Wildman–Crippen LogP) is 6.18. The lowest BCUT2D eigenvalue weighted by Crippen LogP contribution is -2.16. The van der Waals surface area contributed by atoms with Crippen LogP contribution < -0.4 is 0 Å². The van der Waals surface area contributed by atoms with Crippen LogP contribution in [0.2, 0.25) is 0 Å². The largest absolute Gasteiger partial charge is 0.474 e. The van der Waals surface area contributed by atoms with Crippen molar-refractivity contribution in [1.29, 1.82) is 0 Å². The third kappa shape index (κ3) is 3.87. The average molecular weight is 400 g/mol. The molecule has 0 saturated heterocycles. The number of fused-ring (bicyclic) bond motifs is 1. The molecule has 30 heavy (non-hydrogen) atoms. The fourth-order valence-corrected chi connectivity index (χ4v) is 3.86. The molecule has 0 amide bonds. The highest BCUT2D eigenvalue weighted by Gasteiger charge is 2.25. The number of pyridine rings is 1. The molecule has 0 N–H and O–H groups in total. The summed E-state index contributed by atoms with van der Waals surface area (Å²) in [6.07, 6.45) is 1.09. The first-order valence-corrected chi connectivity index (χ1v) is 10.7. The van der Waals surface area contributed by atoms with E-state index in [4.69, 9.17) is 19.7 Å². The normalized spacial score (nSPS) is 17.7. The summed E-state index contributed by atoms with van der Waals surface area (Å²) in [4.78, 5) is 14.7. The van der Waals surface area contributed by atoms with Crippen molar-refractivity contribution >= 4 is 28.2 Å². The van der Waals surface area contributed by atoms with Crippen molar-refractivity contribution in [3.63, 3.8) is 0 Å². The van der Waals surface area contributed by atoms with Crippen LogP contribution in [-0.2, 0) is 4.74 Å². The molecular weight excluding hydrogens is 370 g/mol.